The maximum atomic E-state index is 11.2. The molecular formula is C30H26O10. The van der Waals surface area contributed by atoms with Gasteiger partial charge in [-0.2, -0.15) is 0 Å². The van der Waals surface area contributed by atoms with Crippen molar-refractivity contribution in [1.29, 1.82) is 0 Å². The van der Waals surface area contributed by atoms with Gasteiger partial charge in [0.25, 0.3) is 0 Å². The summed E-state index contributed by atoms with van der Waals surface area (Å²) in [4.78, 5) is 0. The first-order chi connectivity index (χ1) is 19.1. The Hall–Kier alpha value is -4.80. The summed E-state index contributed by atoms with van der Waals surface area (Å²) in [5.74, 6) is -2.94. The third kappa shape index (κ3) is 4.05. The lowest BCUT2D eigenvalue weighted by Crippen LogP contribution is -2.34. The molecule has 10 heteroatoms. The zero-order chi connectivity index (χ0) is 28.3. The lowest BCUT2D eigenvalue weighted by Gasteiger charge is -2.37. The first-order valence-electron chi connectivity index (χ1n) is 12.5. The van der Waals surface area contributed by atoms with Crippen molar-refractivity contribution in [3.05, 3.63) is 94.5 Å². The number of phenols is 6. The molecule has 0 amide bonds. The SMILES string of the molecule is Oc1ccc([C@@H]2C[C@@H](c3cc4c(c(O)c3O)O[C@H](c3ccc(O)cc3)[C@H](O)[C@@H]4O)c3ccc(O)c(O)c3O2)cc1. The third-order valence-corrected chi connectivity index (χ3v) is 7.57. The van der Waals surface area contributed by atoms with E-state index in [1.54, 1.807) is 12.1 Å². The van der Waals surface area contributed by atoms with Gasteiger partial charge in [-0.05, 0) is 53.9 Å². The molecule has 0 bridgehead atoms. The second-order valence-electron chi connectivity index (χ2n) is 9.98. The number of aromatic hydroxyl groups is 6. The number of hydrogen-bond acceptors (Lipinski definition) is 10. The highest BCUT2D eigenvalue weighted by atomic mass is 16.5. The number of fused-ring (bicyclic) bond motifs is 2. The van der Waals surface area contributed by atoms with E-state index in [9.17, 15) is 40.9 Å². The lowest BCUT2D eigenvalue weighted by molar-refractivity contribution is -0.0710. The van der Waals surface area contributed by atoms with Gasteiger partial charge in [0.15, 0.2) is 29.1 Å². The quantitative estimate of drug-likeness (QED) is 0.174. The van der Waals surface area contributed by atoms with E-state index in [0.717, 1.165) is 0 Å². The minimum absolute atomic E-state index is 0.00170. The van der Waals surface area contributed by atoms with Crippen molar-refractivity contribution >= 4 is 0 Å². The fourth-order valence-electron chi connectivity index (χ4n) is 5.46. The fourth-order valence-corrected chi connectivity index (χ4v) is 5.46. The van der Waals surface area contributed by atoms with E-state index in [0.29, 0.717) is 16.7 Å². The van der Waals surface area contributed by atoms with Gasteiger partial charge < -0.3 is 50.3 Å². The zero-order valence-electron chi connectivity index (χ0n) is 20.8. The van der Waals surface area contributed by atoms with Crippen LogP contribution in [-0.4, -0.2) is 47.0 Å². The number of hydrogen-bond donors (Lipinski definition) is 8. The van der Waals surface area contributed by atoms with Gasteiger partial charge in [0.05, 0.1) is 0 Å². The van der Waals surface area contributed by atoms with Crippen LogP contribution >= 0.6 is 0 Å². The standard InChI is InChI=1S/C30H26O10/c31-15-5-1-13(2-6-15)22-12-18(17-9-10-21(33)25(36)29(17)39-22)19-11-20-24(35)26(37)28(14-3-7-16(32)8-4-14)40-30(20)27(38)23(19)34/h1-11,18,22,24,26,28,31-38H,12H2/t18-,22+,24-,26-,28-/m1/s1. The molecule has 4 aromatic rings. The van der Waals surface area contributed by atoms with Crippen LogP contribution in [0, 0.1) is 0 Å². The Morgan fingerprint density at radius 1 is 0.575 bits per heavy atom. The van der Waals surface area contributed by atoms with Crippen molar-refractivity contribution in [1.82, 2.24) is 0 Å². The molecule has 8 N–H and O–H groups in total. The lowest BCUT2D eigenvalue weighted by atomic mass is 9.80. The van der Waals surface area contributed by atoms with Crippen LogP contribution in [0.5, 0.6) is 46.0 Å². The van der Waals surface area contributed by atoms with Crippen LogP contribution in [0.2, 0.25) is 0 Å². The average Bonchev–Trinajstić information content (AvgIpc) is 2.95. The summed E-state index contributed by atoms with van der Waals surface area (Å²) in [6.07, 6.45) is -4.52. The van der Waals surface area contributed by atoms with E-state index in [2.05, 4.69) is 0 Å². The maximum Gasteiger partial charge on any atom is 0.201 e. The highest BCUT2D eigenvalue weighted by molar-refractivity contribution is 5.65. The Morgan fingerprint density at radius 3 is 1.82 bits per heavy atom. The third-order valence-electron chi connectivity index (χ3n) is 7.57. The molecular weight excluding hydrogens is 520 g/mol. The molecule has 6 rings (SSSR count). The van der Waals surface area contributed by atoms with Crippen molar-refractivity contribution in [2.45, 2.75) is 36.8 Å². The largest absolute Gasteiger partial charge is 0.508 e. The average molecular weight is 547 g/mol. The van der Waals surface area contributed by atoms with E-state index in [-0.39, 0.29) is 40.5 Å². The van der Waals surface area contributed by atoms with Crippen molar-refractivity contribution in [2.75, 3.05) is 0 Å². The molecule has 0 saturated carbocycles. The summed E-state index contributed by atoms with van der Waals surface area (Å²) in [5, 5.41) is 84.4. The van der Waals surface area contributed by atoms with Gasteiger partial charge in [0, 0.05) is 22.6 Å². The molecule has 2 aliphatic heterocycles. The highest BCUT2D eigenvalue weighted by Crippen LogP contribution is 2.57. The second kappa shape index (κ2) is 9.44. The Bertz CT molecular complexity index is 1580. The van der Waals surface area contributed by atoms with Crippen LogP contribution in [0.3, 0.4) is 0 Å². The molecule has 40 heavy (non-hydrogen) atoms. The first-order valence-corrected chi connectivity index (χ1v) is 12.5. The molecule has 2 aliphatic rings. The minimum Gasteiger partial charge on any atom is -0.508 e. The summed E-state index contributed by atoms with van der Waals surface area (Å²) < 4.78 is 11.9. The van der Waals surface area contributed by atoms with Gasteiger partial charge in [0.2, 0.25) is 11.5 Å². The maximum absolute atomic E-state index is 11.2. The van der Waals surface area contributed by atoms with Crippen molar-refractivity contribution in [3.63, 3.8) is 0 Å². The molecule has 5 atom stereocenters. The van der Waals surface area contributed by atoms with E-state index in [1.165, 1.54) is 54.6 Å². The van der Waals surface area contributed by atoms with Crippen LogP contribution in [0.25, 0.3) is 0 Å². The molecule has 4 aromatic carbocycles. The molecule has 0 saturated heterocycles. The van der Waals surface area contributed by atoms with Gasteiger partial charge in [-0.25, -0.2) is 0 Å². The Labute approximate surface area is 227 Å². The van der Waals surface area contributed by atoms with Crippen molar-refractivity contribution < 1.29 is 50.3 Å². The predicted molar refractivity (Wildman–Crippen MR) is 140 cm³/mol. The molecule has 0 unspecified atom stereocenters. The number of benzene rings is 4. The van der Waals surface area contributed by atoms with Gasteiger partial charge in [-0.1, -0.05) is 30.3 Å². The van der Waals surface area contributed by atoms with Crippen LogP contribution in [0.4, 0.5) is 0 Å². The van der Waals surface area contributed by atoms with Gasteiger partial charge >= 0.3 is 0 Å². The highest BCUT2D eigenvalue weighted by Gasteiger charge is 2.42. The Kier molecular flexibility index (Phi) is 6.01. The summed E-state index contributed by atoms with van der Waals surface area (Å²) in [7, 11) is 0. The smallest absolute Gasteiger partial charge is 0.201 e. The number of ether oxygens (including phenoxy) is 2. The predicted octanol–water partition coefficient (Wildman–Crippen LogP) is 4.10. The van der Waals surface area contributed by atoms with Crippen LogP contribution in [0.15, 0.2) is 66.7 Å². The van der Waals surface area contributed by atoms with Crippen LogP contribution < -0.4 is 9.47 Å². The molecule has 0 radical (unpaired) electrons. The number of phenolic OH excluding ortho intramolecular Hbond substituents is 6. The summed E-state index contributed by atoms with van der Waals surface area (Å²) in [6, 6.07) is 16.3. The molecule has 0 aliphatic carbocycles. The number of aliphatic hydroxyl groups is 2. The summed E-state index contributed by atoms with van der Waals surface area (Å²) in [5.41, 5.74) is 1.71. The fraction of sp³-hybridized carbons (Fsp3) is 0.200. The Balaban J connectivity index is 1.46. The van der Waals surface area contributed by atoms with Crippen LogP contribution in [-0.2, 0) is 0 Å². The van der Waals surface area contributed by atoms with Crippen molar-refractivity contribution in [2.24, 2.45) is 0 Å². The molecule has 2 heterocycles. The summed E-state index contributed by atoms with van der Waals surface area (Å²) >= 11 is 0. The minimum atomic E-state index is -1.51. The van der Waals surface area contributed by atoms with Crippen LogP contribution in [0.1, 0.15) is 58.5 Å². The second-order valence-corrected chi connectivity index (χ2v) is 9.98. The van der Waals surface area contributed by atoms with Gasteiger partial charge in [-0.3, -0.25) is 0 Å². The Morgan fingerprint density at radius 2 is 1.18 bits per heavy atom. The number of aliphatic hydroxyl groups excluding tert-OH is 2. The zero-order valence-corrected chi connectivity index (χ0v) is 20.8. The van der Waals surface area contributed by atoms with E-state index in [1.807, 2.05) is 0 Å². The molecule has 10 nitrogen and oxygen atoms in total. The van der Waals surface area contributed by atoms with Gasteiger partial charge in [-0.15, -0.1) is 0 Å². The van der Waals surface area contributed by atoms with Gasteiger partial charge in [0.1, 0.15) is 29.8 Å². The van der Waals surface area contributed by atoms with Crippen molar-refractivity contribution in [3.8, 4) is 46.0 Å². The van der Waals surface area contributed by atoms with E-state index in [4.69, 9.17) is 9.47 Å². The monoisotopic (exact) mass is 546 g/mol. The van der Waals surface area contributed by atoms with E-state index < -0.39 is 53.3 Å². The molecule has 206 valence electrons. The number of rotatable bonds is 3. The van der Waals surface area contributed by atoms with E-state index >= 15 is 0 Å². The molecule has 0 spiro atoms. The molecule has 0 fully saturated rings. The first kappa shape index (κ1) is 25.5. The molecule has 0 aromatic heterocycles. The topological polar surface area (TPSA) is 180 Å². The normalized spacial score (nSPS) is 23.4. The summed E-state index contributed by atoms with van der Waals surface area (Å²) in [6.45, 7) is 0.